The number of ether oxygens (including phenoxy) is 3. The molecule has 0 radical (unpaired) electrons. The summed E-state index contributed by atoms with van der Waals surface area (Å²) in [6, 6.07) is 13.6. The fourth-order valence-electron chi connectivity index (χ4n) is 3.56. The van der Waals surface area contributed by atoms with Gasteiger partial charge in [0.1, 0.15) is 0 Å². The smallest absolute Gasteiger partial charge is 0.338 e. The summed E-state index contributed by atoms with van der Waals surface area (Å²) in [4.78, 5) is 25.8. The fraction of sp³-hybridized carbons (Fsp3) is 0.385. The van der Waals surface area contributed by atoms with Crippen molar-refractivity contribution in [2.45, 2.75) is 52.7 Å². The topological polar surface area (TPSA) is 85.9 Å². The maximum absolute atomic E-state index is 13.2. The van der Waals surface area contributed by atoms with E-state index < -0.39 is 18.0 Å². The van der Waals surface area contributed by atoms with Crippen molar-refractivity contribution in [2.75, 3.05) is 13.2 Å². The lowest BCUT2D eigenvalue weighted by molar-refractivity contribution is -0.143. The Hall–Kier alpha value is -3.48. The van der Waals surface area contributed by atoms with E-state index in [1.165, 1.54) is 0 Å². The van der Waals surface area contributed by atoms with Crippen LogP contribution in [0.2, 0.25) is 0 Å². The Labute approximate surface area is 195 Å². The highest BCUT2D eigenvalue weighted by Gasteiger charge is 2.35. The van der Waals surface area contributed by atoms with Crippen LogP contribution >= 0.6 is 0 Å². The van der Waals surface area contributed by atoms with Crippen molar-refractivity contribution in [1.82, 2.24) is 10.6 Å². The first-order valence-electron chi connectivity index (χ1n) is 11.4. The number of amides is 2. The van der Waals surface area contributed by atoms with Crippen LogP contribution in [-0.2, 0) is 9.53 Å². The number of rotatable bonds is 10. The molecule has 0 saturated heterocycles. The van der Waals surface area contributed by atoms with Crippen LogP contribution in [0.15, 0.2) is 54.1 Å². The van der Waals surface area contributed by atoms with E-state index in [4.69, 9.17) is 14.2 Å². The Morgan fingerprint density at radius 3 is 2.45 bits per heavy atom. The highest BCUT2D eigenvalue weighted by Crippen LogP contribution is 2.37. The number of benzene rings is 2. The van der Waals surface area contributed by atoms with Crippen molar-refractivity contribution < 1.29 is 23.8 Å². The number of hydrogen-bond donors (Lipinski definition) is 2. The lowest BCUT2D eigenvalue weighted by atomic mass is 9.92. The quantitative estimate of drug-likeness (QED) is 0.392. The van der Waals surface area contributed by atoms with Gasteiger partial charge in [-0.15, -0.1) is 0 Å². The molecule has 0 aliphatic carbocycles. The molecule has 0 fully saturated rings. The van der Waals surface area contributed by atoms with Gasteiger partial charge in [0.2, 0.25) is 0 Å². The molecule has 33 heavy (non-hydrogen) atoms. The van der Waals surface area contributed by atoms with Crippen LogP contribution in [-0.4, -0.2) is 31.3 Å². The molecular weight excluding hydrogens is 420 g/mol. The fourth-order valence-corrected chi connectivity index (χ4v) is 3.56. The third kappa shape index (κ3) is 6.06. The standard InChI is InChI=1S/C26H32N2O5/c1-5-7-15-32-20-14-13-19(16-21(20)31-6-2)24-22(25(29)33-17(3)4)23(27-26(30)28-24)18-11-9-8-10-12-18/h8-14,16-17,24H,5-7,15H2,1-4H3,(H2,27,28,30). The van der Waals surface area contributed by atoms with Crippen molar-refractivity contribution in [3.8, 4) is 11.5 Å². The van der Waals surface area contributed by atoms with Gasteiger partial charge < -0.3 is 24.8 Å². The lowest BCUT2D eigenvalue weighted by Gasteiger charge is -2.30. The molecule has 1 atom stereocenters. The molecule has 1 aliphatic heterocycles. The van der Waals surface area contributed by atoms with Gasteiger partial charge in [-0.1, -0.05) is 49.7 Å². The lowest BCUT2D eigenvalue weighted by Crippen LogP contribution is -2.45. The van der Waals surface area contributed by atoms with Crippen LogP contribution in [0.4, 0.5) is 4.79 Å². The minimum absolute atomic E-state index is 0.311. The molecule has 1 unspecified atom stereocenters. The average molecular weight is 453 g/mol. The van der Waals surface area contributed by atoms with Gasteiger partial charge in [0.15, 0.2) is 11.5 Å². The monoisotopic (exact) mass is 452 g/mol. The zero-order valence-corrected chi connectivity index (χ0v) is 19.6. The van der Waals surface area contributed by atoms with E-state index in [0.29, 0.717) is 41.5 Å². The molecular formula is C26H32N2O5. The van der Waals surface area contributed by atoms with E-state index in [9.17, 15) is 9.59 Å². The Bertz CT molecular complexity index is 1000. The third-order valence-electron chi connectivity index (χ3n) is 5.05. The van der Waals surface area contributed by atoms with Gasteiger partial charge in [0.05, 0.1) is 36.6 Å². The molecule has 0 bridgehead atoms. The molecule has 7 nitrogen and oxygen atoms in total. The van der Waals surface area contributed by atoms with Crippen molar-refractivity contribution in [3.63, 3.8) is 0 Å². The normalized spacial score (nSPS) is 15.7. The molecule has 0 saturated carbocycles. The summed E-state index contributed by atoms with van der Waals surface area (Å²) >= 11 is 0. The highest BCUT2D eigenvalue weighted by molar-refractivity contribution is 6.04. The van der Waals surface area contributed by atoms with Gasteiger partial charge in [-0.25, -0.2) is 9.59 Å². The summed E-state index contributed by atoms with van der Waals surface area (Å²) in [6.45, 7) is 8.63. The van der Waals surface area contributed by atoms with E-state index in [1.807, 2.05) is 55.5 Å². The van der Waals surface area contributed by atoms with Crippen molar-refractivity contribution in [1.29, 1.82) is 0 Å². The van der Waals surface area contributed by atoms with Crippen LogP contribution in [0.5, 0.6) is 11.5 Å². The number of hydrogen-bond acceptors (Lipinski definition) is 5. The molecule has 3 rings (SSSR count). The number of nitrogens with one attached hydrogen (secondary N) is 2. The number of esters is 1. The maximum Gasteiger partial charge on any atom is 0.338 e. The minimum atomic E-state index is -0.718. The molecule has 0 spiro atoms. The SMILES string of the molecule is CCCCOc1ccc(C2NC(=O)NC(c3ccccc3)=C2C(=O)OC(C)C)cc1OCC. The van der Waals surface area contributed by atoms with Gasteiger partial charge in [-0.2, -0.15) is 0 Å². The predicted octanol–water partition coefficient (Wildman–Crippen LogP) is 4.98. The van der Waals surface area contributed by atoms with Crippen LogP contribution in [0, 0.1) is 0 Å². The van der Waals surface area contributed by atoms with Crippen molar-refractivity contribution >= 4 is 17.7 Å². The molecule has 2 N–H and O–H groups in total. The van der Waals surface area contributed by atoms with Gasteiger partial charge >= 0.3 is 12.0 Å². The maximum atomic E-state index is 13.2. The van der Waals surface area contributed by atoms with Gasteiger partial charge in [0, 0.05) is 0 Å². The average Bonchev–Trinajstić information content (AvgIpc) is 2.79. The molecule has 2 aromatic rings. The summed E-state index contributed by atoms with van der Waals surface area (Å²) in [6.07, 6.45) is 1.65. The van der Waals surface area contributed by atoms with Gasteiger partial charge in [-0.3, -0.25) is 0 Å². The van der Waals surface area contributed by atoms with Crippen molar-refractivity contribution in [2.24, 2.45) is 0 Å². The molecule has 2 aromatic carbocycles. The first-order valence-corrected chi connectivity index (χ1v) is 11.4. The number of unbranched alkanes of at least 4 members (excludes halogenated alkanes) is 1. The Balaban J connectivity index is 2.09. The first-order chi connectivity index (χ1) is 15.9. The largest absolute Gasteiger partial charge is 0.490 e. The number of carbonyl (C=O) groups excluding carboxylic acids is 2. The van der Waals surface area contributed by atoms with Crippen LogP contribution in [0.3, 0.4) is 0 Å². The molecule has 1 heterocycles. The summed E-state index contributed by atoms with van der Waals surface area (Å²) in [7, 11) is 0. The minimum Gasteiger partial charge on any atom is -0.490 e. The van der Waals surface area contributed by atoms with E-state index in [-0.39, 0.29) is 6.10 Å². The second kappa shape index (κ2) is 11.4. The van der Waals surface area contributed by atoms with Crippen molar-refractivity contribution in [3.05, 3.63) is 65.2 Å². The van der Waals surface area contributed by atoms with Gasteiger partial charge in [0.25, 0.3) is 0 Å². The number of urea groups is 1. The summed E-state index contributed by atoms with van der Waals surface area (Å²) in [5.41, 5.74) is 2.17. The summed E-state index contributed by atoms with van der Waals surface area (Å²) < 4.78 is 17.2. The highest BCUT2D eigenvalue weighted by atomic mass is 16.5. The zero-order chi connectivity index (χ0) is 23.8. The molecule has 7 heteroatoms. The van der Waals surface area contributed by atoms with E-state index in [0.717, 1.165) is 18.4 Å². The van der Waals surface area contributed by atoms with Crippen LogP contribution in [0.25, 0.3) is 5.70 Å². The van der Waals surface area contributed by atoms with E-state index >= 15 is 0 Å². The molecule has 2 amide bonds. The zero-order valence-electron chi connectivity index (χ0n) is 19.6. The number of carbonyl (C=O) groups is 2. The van der Waals surface area contributed by atoms with E-state index in [2.05, 4.69) is 17.6 Å². The molecule has 1 aliphatic rings. The Morgan fingerprint density at radius 2 is 1.79 bits per heavy atom. The van der Waals surface area contributed by atoms with Crippen LogP contribution in [0.1, 0.15) is 57.7 Å². The second-order valence-electron chi connectivity index (χ2n) is 7.98. The molecule has 0 aromatic heterocycles. The Kier molecular flexibility index (Phi) is 8.35. The second-order valence-corrected chi connectivity index (χ2v) is 7.98. The van der Waals surface area contributed by atoms with Crippen LogP contribution < -0.4 is 20.1 Å². The third-order valence-corrected chi connectivity index (χ3v) is 5.05. The first kappa shape index (κ1) is 24.2. The van der Waals surface area contributed by atoms with E-state index in [1.54, 1.807) is 13.8 Å². The molecule has 176 valence electrons. The Morgan fingerprint density at radius 1 is 1.03 bits per heavy atom. The summed E-state index contributed by atoms with van der Waals surface area (Å²) in [5, 5.41) is 5.67. The predicted molar refractivity (Wildman–Crippen MR) is 127 cm³/mol. The van der Waals surface area contributed by atoms with Gasteiger partial charge in [-0.05, 0) is 50.5 Å². The summed E-state index contributed by atoms with van der Waals surface area (Å²) in [5.74, 6) is 0.701.